The number of ketones is 2. The number of fused-ring (bicyclic) bond motifs is 4. The summed E-state index contributed by atoms with van der Waals surface area (Å²) in [5, 5.41) is 3.80. The second-order valence-electron chi connectivity index (χ2n) is 7.77. The van der Waals surface area contributed by atoms with Gasteiger partial charge in [-0.2, -0.15) is 0 Å². The molecule has 30 heavy (non-hydrogen) atoms. The topological polar surface area (TPSA) is 34.1 Å². The molecule has 0 saturated carbocycles. The van der Waals surface area contributed by atoms with Gasteiger partial charge in [-0.3, -0.25) is 9.59 Å². The van der Waals surface area contributed by atoms with Crippen molar-refractivity contribution in [3.63, 3.8) is 0 Å². The van der Waals surface area contributed by atoms with Crippen molar-refractivity contribution in [1.82, 2.24) is 0 Å². The maximum absolute atomic E-state index is 13.3. The summed E-state index contributed by atoms with van der Waals surface area (Å²) in [6.45, 7) is 2.15. The van der Waals surface area contributed by atoms with Crippen molar-refractivity contribution in [2.75, 3.05) is 0 Å². The van der Waals surface area contributed by atoms with Crippen LogP contribution in [-0.4, -0.2) is 11.6 Å². The zero-order valence-electron chi connectivity index (χ0n) is 16.8. The van der Waals surface area contributed by atoms with Crippen LogP contribution in [0.1, 0.15) is 63.6 Å². The van der Waals surface area contributed by atoms with Crippen molar-refractivity contribution in [2.24, 2.45) is 0 Å². The van der Waals surface area contributed by atoms with Gasteiger partial charge >= 0.3 is 0 Å². The first-order valence-corrected chi connectivity index (χ1v) is 10.3. The maximum Gasteiger partial charge on any atom is 0.194 e. The van der Waals surface area contributed by atoms with Gasteiger partial charge in [-0.1, -0.05) is 55.5 Å². The molecule has 2 heteroatoms. The van der Waals surface area contributed by atoms with Crippen LogP contribution in [0.3, 0.4) is 0 Å². The molecular formula is C28H20O2. The number of benzene rings is 4. The van der Waals surface area contributed by atoms with Crippen LogP contribution in [0.15, 0.2) is 66.7 Å². The Morgan fingerprint density at radius 1 is 0.667 bits per heavy atom. The first-order valence-electron chi connectivity index (χ1n) is 10.3. The SMILES string of the molecule is CCCCC#Cc1ccc2cc3c(cc2c1)C(=O)c1cc2ccccc2cc1C3=O. The van der Waals surface area contributed by atoms with Crippen molar-refractivity contribution in [3.8, 4) is 11.8 Å². The van der Waals surface area contributed by atoms with Crippen molar-refractivity contribution < 1.29 is 9.59 Å². The van der Waals surface area contributed by atoms with Gasteiger partial charge in [-0.15, -0.1) is 0 Å². The van der Waals surface area contributed by atoms with Gasteiger partial charge in [0, 0.05) is 34.2 Å². The largest absolute Gasteiger partial charge is 0.289 e. The zero-order valence-corrected chi connectivity index (χ0v) is 16.8. The molecule has 144 valence electrons. The molecule has 0 aliphatic heterocycles. The molecule has 0 bridgehead atoms. The van der Waals surface area contributed by atoms with Gasteiger partial charge in [0.2, 0.25) is 0 Å². The molecule has 0 aromatic heterocycles. The minimum Gasteiger partial charge on any atom is -0.289 e. The maximum atomic E-state index is 13.3. The van der Waals surface area contributed by atoms with Crippen LogP contribution >= 0.6 is 0 Å². The van der Waals surface area contributed by atoms with E-state index in [1.165, 1.54) is 0 Å². The molecule has 0 unspecified atom stereocenters. The fraction of sp³-hybridized carbons (Fsp3) is 0.143. The highest BCUT2D eigenvalue weighted by molar-refractivity contribution is 6.30. The summed E-state index contributed by atoms with van der Waals surface area (Å²) < 4.78 is 0. The van der Waals surface area contributed by atoms with E-state index in [2.05, 4.69) is 18.8 Å². The monoisotopic (exact) mass is 388 g/mol. The van der Waals surface area contributed by atoms with E-state index in [9.17, 15) is 9.59 Å². The lowest BCUT2D eigenvalue weighted by Gasteiger charge is -2.19. The van der Waals surface area contributed by atoms with Crippen LogP contribution < -0.4 is 0 Å². The minimum atomic E-state index is -0.0910. The Labute approximate surface area is 175 Å². The van der Waals surface area contributed by atoms with E-state index in [4.69, 9.17) is 0 Å². The van der Waals surface area contributed by atoms with Gasteiger partial charge in [-0.25, -0.2) is 0 Å². The number of carbonyl (C=O) groups is 2. The van der Waals surface area contributed by atoms with E-state index in [-0.39, 0.29) is 11.6 Å². The normalized spacial score (nSPS) is 12.4. The van der Waals surface area contributed by atoms with Crippen molar-refractivity contribution in [3.05, 3.63) is 94.5 Å². The third kappa shape index (κ3) is 3.00. The molecule has 4 aromatic rings. The van der Waals surface area contributed by atoms with Crippen LogP contribution in [0.25, 0.3) is 21.5 Å². The molecule has 0 amide bonds. The Bertz CT molecular complexity index is 1410. The lowest BCUT2D eigenvalue weighted by atomic mass is 9.81. The summed E-state index contributed by atoms with van der Waals surface area (Å²) in [7, 11) is 0. The molecule has 0 fully saturated rings. The Morgan fingerprint density at radius 3 is 1.77 bits per heavy atom. The van der Waals surface area contributed by atoms with Crippen LogP contribution in [0.4, 0.5) is 0 Å². The number of hydrogen-bond acceptors (Lipinski definition) is 2. The molecular weight excluding hydrogens is 368 g/mol. The molecule has 0 saturated heterocycles. The van der Waals surface area contributed by atoms with Gasteiger partial charge in [-0.05, 0) is 64.4 Å². The van der Waals surface area contributed by atoms with Gasteiger partial charge in [0.1, 0.15) is 0 Å². The summed E-state index contributed by atoms with van der Waals surface area (Å²) in [4.78, 5) is 26.5. The molecule has 0 spiro atoms. The lowest BCUT2D eigenvalue weighted by molar-refractivity contribution is 0.0979. The fourth-order valence-electron chi connectivity index (χ4n) is 4.09. The highest BCUT2D eigenvalue weighted by atomic mass is 16.1. The lowest BCUT2D eigenvalue weighted by Crippen LogP contribution is -2.20. The molecule has 5 rings (SSSR count). The Morgan fingerprint density at radius 2 is 1.20 bits per heavy atom. The summed E-state index contributed by atoms with van der Waals surface area (Å²) >= 11 is 0. The van der Waals surface area contributed by atoms with E-state index in [0.29, 0.717) is 22.3 Å². The number of rotatable bonds is 2. The Kier molecular flexibility index (Phi) is 4.45. The van der Waals surface area contributed by atoms with Crippen LogP contribution in [0.5, 0.6) is 0 Å². The van der Waals surface area contributed by atoms with Crippen molar-refractivity contribution >= 4 is 33.1 Å². The average Bonchev–Trinajstić information content (AvgIpc) is 2.78. The van der Waals surface area contributed by atoms with Gasteiger partial charge in [0.15, 0.2) is 11.6 Å². The second-order valence-corrected chi connectivity index (χ2v) is 7.77. The summed E-state index contributed by atoms with van der Waals surface area (Å²) in [5.74, 6) is 6.23. The number of carbonyl (C=O) groups excluding carboxylic acids is 2. The smallest absolute Gasteiger partial charge is 0.194 e. The van der Waals surface area contributed by atoms with Crippen LogP contribution in [0.2, 0.25) is 0 Å². The van der Waals surface area contributed by atoms with Crippen molar-refractivity contribution in [2.45, 2.75) is 26.2 Å². The molecule has 2 nitrogen and oxygen atoms in total. The van der Waals surface area contributed by atoms with Crippen LogP contribution in [0, 0.1) is 11.8 Å². The minimum absolute atomic E-state index is 0.0873. The van der Waals surface area contributed by atoms with Gasteiger partial charge in [0.25, 0.3) is 0 Å². The third-order valence-electron chi connectivity index (χ3n) is 5.73. The summed E-state index contributed by atoms with van der Waals surface area (Å²) in [6, 6.07) is 21.1. The Balaban J connectivity index is 1.63. The highest BCUT2D eigenvalue weighted by Gasteiger charge is 2.30. The standard InChI is InChI=1S/C28H20O2/c1-2-3-4-5-8-18-11-12-21-16-25-26(17-22(21)13-18)28(30)24-15-20-10-7-6-9-19(20)14-23(24)27(25)29/h6-7,9-17H,2-4H2,1H3. The van der Waals surface area contributed by atoms with Gasteiger partial charge in [0.05, 0.1) is 0 Å². The molecule has 1 aliphatic rings. The predicted molar refractivity (Wildman–Crippen MR) is 121 cm³/mol. The third-order valence-corrected chi connectivity index (χ3v) is 5.73. The first kappa shape index (κ1) is 18.3. The van der Waals surface area contributed by atoms with Crippen molar-refractivity contribution in [1.29, 1.82) is 0 Å². The van der Waals surface area contributed by atoms with E-state index in [1.54, 1.807) is 0 Å². The quantitative estimate of drug-likeness (QED) is 0.262. The average molecular weight is 388 g/mol. The van der Waals surface area contributed by atoms with Crippen LogP contribution in [-0.2, 0) is 0 Å². The Hall–Kier alpha value is -3.70. The fourth-order valence-corrected chi connectivity index (χ4v) is 4.09. The summed E-state index contributed by atoms with van der Waals surface area (Å²) in [6.07, 6.45) is 3.11. The predicted octanol–water partition coefficient (Wildman–Crippen LogP) is 6.31. The van der Waals surface area contributed by atoms with Gasteiger partial charge < -0.3 is 0 Å². The molecule has 1 aliphatic carbocycles. The van der Waals surface area contributed by atoms with E-state index < -0.39 is 0 Å². The summed E-state index contributed by atoms with van der Waals surface area (Å²) in [5.41, 5.74) is 2.87. The number of unbranched alkanes of at least 4 members (excludes halogenated alkanes) is 2. The zero-order chi connectivity index (χ0) is 20.7. The van der Waals surface area contributed by atoms with E-state index in [0.717, 1.165) is 46.4 Å². The van der Waals surface area contributed by atoms with E-state index in [1.807, 2.05) is 66.7 Å². The molecule has 0 radical (unpaired) electrons. The second kappa shape index (κ2) is 7.28. The molecule has 0 N–H and O–H groups in total. The van der Waals surface area contributed by atoms with E-state index >= 15 is 0 Å². The molecule has 4 aromatic carbocycles. The highest BCUT2D eigenvalue weighted by Crippen LogP contribution is 2.33. The first-order chi connectivity index (χ1) is 14.7. The molecule has 0 heterocycles. The number of hydrogen-bond donors (Lipinski definition) is 0. The molecule has 0 atom stereocenters.